The number of benzene rings is 2. The third-order valence-corrected chi connectivity index (χ3v) is 9.55. The predicted octanol–water partition coefficient (Wildman–Crippen LogP) is 1.74. The van der Waals surface area contributed by atoms with Gasteiger partial charge < -0.3 is 51.9 Å². The molecule has 0 amide bonds. The third-order valence-electron chi connectivity index (χ3n) is 7.73. The molecule has 24 heteroatoms. The summed E-state index contributed by atoms with van der Waals surface area (Å²) in [6.45, 7) is 2.71. The van der Waals surface area contributed by atoms with Crippen LogP contribution < -0.4 is 31.9 Å². The smallest absolute Gasteiger partial charge is 0.295 e. The van der Waals surface area contributed by atoms with Crippen LogP contribution in [-0.2, 0) is 20.2 Å². The van der Waals surface area contributed by atoms with E-state index in [1.165, 1.54) is 36.4 Å². The van der Waals surface area contributed by atoms with Crippen LogP contribution in [0.2, 0.25) is 0 Å². The summed E-state index contributed by atoms with van der Waals surface area (Å²) in [4.78, 5) is 28.9. The van der Waals surface area contributed by atoms with Crippen LogP contribution in [0.5, 0.6) is 0 Å². The van der Waals surface area contributed by atoms with Crippen molar-refractivity contribution < 1.29 is 36.2 Å². The maximum absolute atomic E-state index is 12.6. The molecule has 0 aliphatic heterocycles. The van der Waals surface area contributed by atoms with Crippen LogP contribution in [0.15, 0.2) is 46.2 Å². The summed E-state index contributed by atoms with van der Waals surface area (Å²) >= 11 is 0. The summed E-state index contributed by atoms with van der Waals surface area (Å²) in [5, 5.41) is 36.3. The molecule has 10 N–H and O–H groups in total. The van der Waals surface area contributed by atoms with E-state index in [0.29, 0.717) is 13.1 Å². The Bertz CT molecular complexity index is 2070. The molecule has 4 rings (SSSR count). The first-order valence-electron chi connectivity index (χ1n) is 18.0. The zero-order valence-electron chi connectivity index (χ0n) is 32.5. The molecule has 2 aromatic heterocycles. The summed E-state index contributed by atoms with van der Waals surface area (Å²) in [6, 6.07) is 8.00. The molecular formula is C34H50N14O8S2. The van der Waals surface area contributed by atoms with E-state index in [0.717, 1.165) is 38.1 Å². The summed E-state index contributed by atoms with van der Waals surface area (Å²) in [5.41, 5.74) is 0.326. The lowest BCUT2D eigenvalue weighted by molar-refractivity contribution is 0.310. The Morgan fingerprint density at radius 3 is 1.17 bits per heavy atom. The number of aliphatic hydroxyl groups excluding tert-OH is 2. The van der Waals surface area contributed by atoms with Gasteiger partial charge in [-0.25, -0.2) is 0 Å². The van der Waals surface area contributed by atoms with E-state index in [1.54, 1.807) is 0 Å². The second kappa shape index (κ2) is 21.4. The van der Waals surface area contributed by atoms with Crippen LogP contribution >= 0.6 is 0 Å². The second-order valence-electron chi connectivity index (χ2n) is 13.1. The lowest BCUT2D eigenvalue weighted by atomic mass is 10.1. The van der Waals surface area contributed by atoms with E-state index >= 15 is 0 Å². The van der Waals surface area contributed by atoms with Gasteiger partial charge in [0.15, 0.2) is 0 Å². The molecule has 0 radical (unpaired) electrons. The van der Waals surface area contributed by atoms with E-state index < -0.39 is 30.0 Å². The normalized spacial score (nSPS) is 12.0. The maximum atomic E-state index is 12.6. The number of anilines is 8. The molecule has 58 heavy (non-hydrogen) atoms. The fourth-order valence-electron chi connectivity index (χ4n) is 5.09. The van der Waals surface area contributed by atoms with Crippen LogP contribution in [0.3, 0.4) is 0 Å². The van der Waals surface area contributed by atoms with Crippen molar-refractivity contribution in [2.75, 3.05) is 113 Å². The number of aromatic nitrogens is 6. The molecule has 0 bridgehead atoms. The van der Waals surface area contributed by atoms with Crippen LogP contribution in [0.25, 0.3) is 12.2 Å². The van der Waals surface area contributed by atoms with Gasteiger partial charge in [0.1, 0.15) is 9.79 Å². The molecule has 0 atom stereocenters. The largest absolute Gasteiger partial charge is 0.395 e. The van der Waals surface area contributed by atoms with Crippen molar-refractivity contribution in [2.45, 2.75) is 22.6 Å². The quantitative estimate of drug-likeness (QED) is 0.0273. The van der Waals surface area contributed by atoms with Crippen molar-refractivity contribution in [1.82, 2.24) is 39.7 Å². The van der Waals surface area contributed by atoms with Gasteiger partial charge in [0.2, 0.25) is 35.7 Å². The second-order valence-corrected chi connectivity index (χ2v) is 15.9. The molecule has 0 unspecified atom stereocenters. The van der Waals surface area contributed by atoms with E-state index in [2.05, 4.69) is 61.8 Å². The highest BCUT2D eigenvalue weighted by molar-refractivity contribution is 7.86. The molecule has 316 valence electrons. The van der Waals surface area contributed by atoms with Crippen molar-refractivity contribution >= 4 is 79.5 Å². The van der Waals surface area contributed by atoms with Gasteiger partial charge in [-0.15, -0.1) is 0 Å². The van der Waals surface area contributed by atoms with E-state index in [4.69, 9.17) is 0 Å². The highest BCUT2D eigenvalue weighted by atomic mass is 32.2. The van der Waals surface area contributed by atoms with Crippen molar-refractivity contribution in [3.63, 3.8) is 0 Å². The van der Waals surface area contributed by atoms with E-state index in [9.17, 15) is 36.2 Å². The van der Waals surface area contributed by atoms with E-state index in [1.807, 2.05) is 38.0 Å². The monoisotopic (exact) mass is 846 g/mol. The number of nitrogens with one attached hydrogen (secondary N) is 6. The number of hydrogen-bond donors (Lipinski definition) is 10. The topological polar surface area (TPSA) is 305 Å². The number of nitrogens with zero attached hydrogens (tertiary/aromatic N) is 8. The molecule has 0 aliphatic rings. The Kier molecular flexibility index (Phi) is 16.8. The van der Waals surface area contributed by atoms with Crippen LogP contribution in [0, 0.1) is 0 Å². The van der Waals surface area contributed by atoms with Crippen LogP contribution in [0.4, 0.5) is 47.1 Å². The molecule has 0 spiro atoms. The van der Waals surface area contributed by atoms with Crippen LogP contribution in [0.1, 0.15) is 24.0 Å². The predicted molar refractivity (Wildman–Crippen MR) is 222 cm³/mol. The molecule has 0 saturated carbocycles. The summed E-state index contributed by atoms with van der Waals surface area (Å²) in [6.07, 6.45) is 4.11. The van der Waals surface area contributed by atoms with Crippen molar-refractivity contribution in [3.8, 4) is 0 Å². The van der Waals surface area contributed by atoms with Crippen molar-refractivity contribution in [3.05, 3.63) is 47.5 Å². The first-order valence-corrected chi connectivity index (χ1v) is 20.9. The molecule has 22 nitrogen and oxygen atoms in total. The standard InChI is InChI=1S/C34H50N14O8S2/c1-47(2)17-5-13-35-29-41-31(37-15-19-49)45-33(43-29)39-25-11-9-23(27(21-25)57(51,52)53)7-8-24-10-12-26(22-28(24)58(54,55)56)40-34-44-30(36-14-6-18-48(3)4)42-32(46-34)38-16-20-50/h7-12,21-22,49-50H,5-6,13-20H2,1-4H3,(H,51,52,53)(H,54,55,56)(H3,35,37,39,41,43,45)(H3,36,38,40,42,44,46)/b8-7+. The van der Waals surface area contributed by atoms with Gasteiger partial charge in [0.05, 0.1) is 13.2 Å². The van der Waals surface area contributed by atoms with Crippen molar-refractivity contribution in [1.29, 1.82) is 0 Å². The minimum Gasteiger partial charge on any atom is -0.395 e. The Hall–Kier alpha value is -5.34. The summed E-state index contributed by atoms with van der Waals surface area (Å²) in [5.74, 6) is 0.806. The fourth-order valence-corrected chi connectivity index (χ4v) is 6.51. The zero-order chi connectivity index (χ0) is 42.3. The Labute approximate surface area is 337 Å². The SMILES string of the molecule is CN(C)CCCNc1nc(NCCO)nc(Nc2ccc(/C=C/c3ccc(Nc4nc(NCCO)nc(NCCCN(C)C)n4)cc3S(=O)(=O)O)c(S(=O)(=O)O)c2)n1. The van der Waals surface area contributed by atoms with Gasteiger partial charge in [-0.05, 0) is 89.5 Å². The van der Waals surface area contributed by atoms with Gasteiger partial charge in [-0.2, -0.15) is 46.7 Å². The van der Waals surface area contributed by atoms with Crippen molar-refractivity contribution in [2.24, 2.45) is 0 Å². The van der Waals surface area contributed by atoms with Gasteiger partial charge in [0, 0.05) is 37.6 Å². The lowest BCUT2D eigenvalue weighted by Crippen LogP contribution is -2.18. The van der Waals surface area contributed by atoms with Gasteiger partial charge in [-0.1, -0.05) is 24.3 Å². The summed E-state index contributed by atoms with van der Waals surface area (Å²) in [7, 11) is -1.85. The highest BCUT2D eigenvalue weighted by Gasteiger charge is 2.19. The lowest BCUT2D eigenvalue weighted by Gasteiger charge is -2.13. The molecule has 2 heterocycles. The van der Waals surface area contributed by atoms with Gasteiger partial charge in [-0.3, -0.25) is 9.11 Å². The summed E-state index contributed by atoms with van der Waals surface area (Å²) < 4.78 is 70.6. The maximum Gasteiger partial charge on any atom is 0.295 e. The molecule has 0 saturated heterocycles. The minimum absolute atomic E-state index is 0.0144. The molecule has 2 aromatic carbocycles. The number of hydrogen-bond acceptors (Lipinski definition) is 20. The van der Waals surface area contributed by atoms with Gasteiger partial charge >= 0.3 is 0 Å². The minimum atomic E-state index is -4.83. The van der Waals surface area contributed by atoms with Gasteiger partial charge in [0.25, 0.3) is 20.2 Å². The molecule has 0 fully saturated rings. The Balaban J connectivity index is 1.60. The number of aliphatic hydroxyl groups is 2. The Morgan fingerprint density at radius 2 is 0.862 bits per heavy atom. The first kappa shape index (κ1) is 45.4. The Morgan fingerprint density at radius 1 is 0.534 bits per heavy atom. The first-order chi connectivity index (χ1) is 27.5. The van der Waals surface area contributed by atoms with Crippen LogP contribution in [-0.4, -0.2) is 157 Å². The fraction of sp³-hybridized carbons (Fsp3) is 0.412. The zero-order valence-corrected chi connectivity index (χ0v) is 34.1. The average Bonchev–Trinajstić information content (AvgIpc) is 3.15. The molecular weight excluding hydrogens is 797 g/mol. The highest BCUT2D eigenvalue weighted by Crippen LogP contribution is 2.28. The third kappa shape index (κ3) is 14.9. The molecule has 0 aliphatic carbocycles. The molecule has 4 aromatic rings. The average molecular weight is 847 g/mol. The number of rotatable bonds is 24. The van der Waals surface area contributed by atoms with E-state index in [-0.39, 0.29) is 84.5 Å².